The molecule has 0 unspecified atom stereocenters. The number of anilines is 1. The number of benzene rings is 2. The van der Waals surface area contributed by atoms with Crippen LogP contribution in [0.5, 0.6) is 0 Å². The predicted octanol–water partition coefficient (Wildman–Crippen LogP) is 4.80. The topological polar surface area (TPSA) is 55.1 Å². The van der Waals surface area contributed by atoms with E-state index in [0.717, 1.165) is 9.79 Å². The van der Waals surface area contributed by atoms with Crippen LogP contribution in [0.15, 0.2) is 94.9 Å². The average Bonchev–Trinajstić information content (AvgIpc) is 2.58. The van der Waals surface area contributed by atoms with E-state index < -0.39 is 0 Å². The van der Waals surface area contributed by atoms with Crippen molar-refractivity contribution in [2.75, 3.05) is 5.73 Å². The van der Waals surface area contributed by atoms with Crippen LogP contribution in [0.25, 0.3) is 0 Å². The van der Waals surface area contributed by atoms with Gasteiger partial charge in [-0.3, -0.25) is 4.79 Å². The van der Waals surface area contributed by atoms with Crippen LogP contribution in [0, 0.1) is 0 Å². The highest BCUT2D eigenvalue weighted by Gasteiger charge is 2.09. The number of hydrogen-bond donors (Lipinski definition) is 2. The first kappa shape index (κ1) is 17.6. The second-order valence-corrected chi connectivity index (χ2v) is 6.09. The lowest BCUT2D eigenvalue weighted by Gasteiger charge is -2.09. The van der Waals surface area contributed by atoms with Crippen LogP contribution in [-0.4, -0.2) is 5.91 Å². The van der Waals surface area contributed by atoms with Crippen molar-refractivity contribution in [1.29, 1.82) is 0 Å². The van der Waals surface area contributed by atoms with Gasteiger partial charge in [0.2, 0.25) is 0 Å². The third-order valence-corrected chi connectivity index (χ3v) is 4.24. The Morgan fingerprint density at radius 3 is 2.58 bits per heavy atom. The molecule has 0 atom stereocenters. The molecule has 3 nitrogen and oxygen atoms in total. The van der Waals surface area contributed by atoms with Crippen molar-refractivity contribution in [2.45, 2.75) is 16.7 Å². The third-order valence-electron chi connectivity index (χ3n) is 3.14. The largest absolute Gasteiger partial charge is 0.398 e. The van der Waals surface area contributed by atoms with E-state index in [-0.39, 0.29) is 5.91 Å². The summed E-state index contributed by atoms with van der Waals surface area (Å²) < 4.78 is 0. The van der Waals surface area contributed by atoms with E-state index in [1.165, 1.54) is 0 Å². The van der Waals surface area contributed by atoms with Crippen molar-refractivity contribution >= 4 is 23.4 Å². The second-order valence-electron chi connectivity index (χ2n) is 4.98. The summed E-state index contributed by atoms with van der Waals surface area (Å²) in [7, 11) is 0. The van der Waals surface area contributed by atoms with Gasteiger partial charge in [-0.05, 0) is 49.4 Å². The lowest BCUT2D eigenvalue weighted by Crippen LogP contribution is -2.22. The molecular formula is C20H20N2OS. The summed E-state index contributed by atoms with van der Waals surface area (Å²) in [5.74, 6) is -0.204. The van der Waals surface area contributed by atoms with Crippen LogP contribution in [0.3, 0.4) is 0 Å². The molecule has 0 aliphatic rings. The molecule has 0 aliphatic carbocycles. The Morgan fingerprint density at radius 2 is 1.96 bits per heavy atom. The second kappa shape index (κ2) is 8.79. The summed E-state index contributed by atoms with van der Waals surface area (Å²) in [6.45, 7) is 5.53. The Morgan fingerprint density at radius 1 is 1.21 bits per heavy atom. The Balaban J connectivity index is 2.15. The Bertz CT molecular complexity index is 779. The first-order chi connectivity index (χ1) is 11.6. The maximum atomic E-state index is 12.3. The number of allylic oxidation sites excluding steroid dienone is 4. The third kappa shape index (κ3) is 4.89. The number of amides is 1. The zero-order valence-electron chi connectivity index (χ0n) is 13.5. The number of rotatable bonds is 6. The molecule has 0 radical (unpaired) electrons. The van der Waals surface area contributed by atoms with Gasteiger partial charge in [0.25, 0.3) is 5.91 Å². The number of nitrogens with two attached hydrogens (primary N) is 1. The fourth-order valence-corrected chi connectivity index (χ4v) is 2.91. The average molecular weight is 336 g/mol. The summed E-state index contributed by atoms with van der Waals surface area (Å²) in [6.07, 6.45) is 7.02. The van der Waals surface area contributed by atoms with Crippen LogP contribution >= 0.6 is 11.8 Å². The lowest BCUT2D eigenvalue weighted by molar-refractivity contribution is 0.0967. The van der Waals surface area contributed by atoms with Crippen molar-refractivity contribution in [2.24, 2.45) is 0 Å². The number of nitrogens with one attached hydrogen (secondary N) is 1. The summed E-state index contributed by atoms with van der Waals surface area (Å²) in [4.78, 5) is 14.4. The molecule has 2 rings (SSSR count). The molecule has 0 heterocycles. The van der Waals surface area contributed by atoms with E-state index in [1.807, 2.05) is 55.5 Å². The van der Waals surface area contributed by atoms with E-state index in [1.54, 1.807) is 36.0 Å². The summed E-state index contributed by atoms with van der Waals surface area (Å²) in [5.41, 5.74) is 7.89. The number of hydrogen-bond acceptors (Lipinski definition) is 3. The van der Waals surface area contributed by atoms with Crippen LogP contribution < -0.4 is 11.1 Å². The van der Waals surface area contributed by atoms with Crippen molar-refractivity contribution in [3.05, 3.63) is 90.7 Å². The molecule has 2 aromatic carbocycles. The highest BCUT2D eigenvalue weighted by molar-refractivity contribution is 7.99. The minimum absolute atomic E-state index is 0.204. The zero-order chi connectivity index (χ0) is 17.4. The molecule has 24 heavy (non-hydrogen) atoms. The quantitative estimate of drug-likeness (QED) is 0.589. The fourth-order valence-electron chi connectivity index (χ4n) is 2.05. The van der Waals surface area contributed by atoms with E-state index in [2.05, 4.69) is 11.9 Å². The molecule has 122 valence electrons. The van der Waals surface area contributed by atoms with Gasteiger partial charge in [0.05, 0.1) is 0 Å². The summed E-state index contributed by atoms with van der Waals surface area (Å²) in [6, 6.07) is 15.3. The summed E-state index contributed by atoms with van der Waals surface area (Å²) >= 11 is 1.57. The van der Waals surface area contributed by atoms with Gasteiger partial charge in [-0.15, -0.1) is 0 Å². The molecule has 0 saturated carbocycles. The van der Waals surface area contributed by atoms with Gasteiger partial charge in [0, 0.05) is 26.7 Å². The molecule has 0 bridgehead atoms. The van der Waals surface area contributed by atoms with Gasteiger partial charge in [-0.25, -0.2) is 0 Å². The van der Waals surface area contributed by atoms with Crippen molar-refractivity contribution in [3.8, 4) is 0 Å². The number of nitrogen functional groups attached to an aromatic ring is 1. The molecule has 3 N–H and O–H groups in total. The van der Waals surface area contributed by atoms with Gasteiger partial charge >= 0.3 is 0 Å². The predicted molar refractivity (Wildman–Crippen MR) is 102 cm³/mol. The van der Waals surface area contributed by atoms with Gasteiger partial charge in [-0.1, -0.05) is 48.7 Å². The molecule has 0 fully saturated rings. The lowest BCUT2D eigenvalue weighted by atomic mass is 10.2. The maximum Gasteiger partial charge on any atom is 0.255 e. The van der Waals surface area contributed by atoms with Crippen LogP contribution in [0.2, 0.25) is 0 Å². The van der Waals surface area contributed by atoms with E-state index in [4.69, 9.17) is 5.73 Å². The number of carbonyl (C=O) groups is 1. The van der Waals surface area contributed by atoms with Crippen LogP contribution in [0.4, 0.5) is 5.69 Å². The molecular weight excluding hydrogens is 316 g/mol. The molecule has 4 heteroatoms. The van der Waals surface area contributed by atoms with Crippen molar-refractivity contribution in [1.82, 2.24) is 5.32 Å². The SMILES string of the molecule is C=C/C=C(\C=C/C)NC(=O)c1ccc(Sc2ccccc2)c(N)c1. The standard InChI is InChI=1S/C20H20N2OS/c1-3-8-16(9-4-2)22-20(23)15-12-13-19(18(21)14-15)24-17-10-6-5-7-11-17/h3-14H,1,21H2,2H3,(H,22,23)/b9-4-,16-8+. The van der Waals surface area contributed by atoms with Crippen molar-refractivity contribution < 1.29 is 4.79 Å². The van der Waals surface area contributed by atoms with Gasteiger partial charge < -0.3 is 11.1 Å². The molecule has 0 aliphatic heterocycles. The number of carbonyl (C=O) groups excluding carboxylic acids is 1. The summed E-state index contributed by atoms with van der Waals surface area (Å²) in [5, 5.41) is 2.83. The molecule has 0 spiro atoms. The van der Waals surface area contributed by atoms with E-state index in [9.17, 15) is 4.79 Å². The molecule has 1 amide bonds. The monoisotopic (exact) mass is 336 g/mol. The van der Waals surface area contributed by atoms with Gasteiger partial charge in [0.15, 0.2) is 0 Å². The highest BCUT2D eigenvalue weighted by Crippen LogP contribution is 2.32. The highest BCUT2D eigenvalue weighted by atomic mass is 32.2. The minimum Gasteiger partial charge on any atom is -0.398 e. The first-order valence-electron chi connectivity index (χ1n) is 7.53. The molecule has 0 aromatic heterocycles. The fraction of sp³-hybridized carbons (Fsp3) is 0.0500. The van der Waals surface area contributed by atoms with Gasteiger partial charge in [0.1, 0.15) is 0 Å². The Hall–Kier alpha value is -2.72. The van der Waals surface area contributed by atoms with E-state index in [0.29, 0.717) is 16.9 Å². The Kier molecular flexibility index (Phi) is 6.46. The normalized spacial score (nSPS) is 11.5. The van der Waals surface area contributed by atoms with Gasteiger partial charge in [-0.2, -0.15) is 0 Å². The molecule has 0 saturated heterocycles. The minimum atomic E-state index is -0.204. The van der Waals surface area contributed by atoms with E-state index >= 15 is 0 Å². The van der Waals surface area contributed by atoms with Crippen LogP contribution in [0.1, 0.15) is 17.3 Å². The zero-order valence-corrected chi connectivity index (χ0v) is 14.3. The first-order valence-corrected chi connectivity index (χ1v) is 8.35. The molecule has 2 aromatic rings. The smallest absolute Gasteiger partial charge is 0.255 e. The maximum absolute atomic E-state index is 12.3. The Labute approximate surface area is 147 Å². The van der Waals surface area contributed by atoms with Crippen molar-refractivity contribution in [3.63, 3.8) is 0 Å². The van der Waals surface area contributed by atoms with Crippen LogP contribution in [-0.2, 0) is 0 Å².